The lowest BCUT2D eigenvalue weighted by molar-refractivity contribution is -0.160. The van der Waals surface area contributed by atoms with Crippen molar-refractivity contribution < 1.29 is 37.0 Å². The van der Waals surface area contributed by atoms with Gasteiger partial charge in [-0.3, -0.25) is 9.69 Å². The van der Waals surface area contributed by atoms with Gasteiger partial charge in [0.1, 0.15) is 24.0 Å². The number of fused-ring (bicyclic) bond motifs is 3. The Bertz CT molecular complexity index is 1600. The second-order valence-electron chi connectivity index (χ2n) is 11.4. The van der Waals surface area contributed by atoms with Crippen LogP contribution in [0, 0.1) is 0 Å². The highest BCUT2D eigenvalue weighted by atomic mass is 32.2. The van der Waals surface area contributed by atoms with Crippen LogP contribution in [0.3, 0.4) is 0 Å². The van der Waals surface area contributed by atoms with Crippen molar-refractivity contribution >= 4 is 28.0 Å². The Morgan fingerprint density at radius 2 is 1.53 bits per heavy atom. The Morgan fingerprint density at radius 1 is 0.953 bits per heavy atom. The zero-order valence-electron chi connectivity index (χ0n) is 25.0. The minimum atomic E-state index is -3.79. The standard InChI is InChI=1S/C32H36N2O8S/c1-32(2,3)42-30(36)27(17-20-15-16-25(28(18-20)40-5)29(35)33-43(6,38)39)34(4)31(37)41-19-26-23-13-9-7-11-21(23)22-12-8-10-14-24(22)26/h7-16,18,26-27H,17,19H2,1-6H3,(H,33,35). The first-order valence-corrected chi connectivity index (χ1v) is 15.6. The number of nitrogens with zero attached hydrogens (tertiary/aromatic N) is 1. The van der Waals surface area contributed by atoms with Crippen LogP contribution in [0.2, 0.25) is 0 Å². The molecule has 3 aromatic rings. The van der Waals surface area contributed by atoms with Gasteiger partial charge in [0, 0.05) is 19.4 Å². The van der Waals surface area contributed by atoms with Gasteiger partial charge in [0.05, 0.1) is 18.9 Å². The monoisotopic (exact) mass is 608 g/mol. The Balaban J connectivity index is 1.55. The molecule has 1 atom stereocenters. The van der Waals surface area contributed by atoms with Gasteiger partial charge in [-0.25, -0.2) is 22.7 Å². The molecule has 0 radical (unpaired) electrons. The van der Waals surface area contributed by atoms with E-state index in [1.54, 1.807) is 26.8 Å². The largest absolute Gasteiger partial charge is 0.496 e. The van der Waals surface area contributed by atoms with Gasteiger partial charge in [-0.2, -0.15) is 0 Å². The van der Waals surface area contributed by atoms with Crippen molar-refractivity contribution in [3.05, 3.63) is 89.0 Å². The van der Waals surface area contributed by atoms with Gasteiger partial charge >= 0.3 is 12.1 Å². The highest BCUT2D eigenvalue weighted by molar-refractivity contribution is 7.89. The molecule has 0 heterocycles. The van der Waals surface area contributed by atoms with E-state index >= 15 is 0 Å². The summed E-state index contributed by atoms with van der Waals surface area (Å²) in [5.74, 6) is -1.54. The first kappa shape index (κ1) is 31.6. The first-order chi connectivity index (χ1) is 20.2. The van der Waals surface area contributed by atoms with Crippen molar-refractivity contribution in [2.75, 3.05) is 27.0 Å². The van der Waals surface area contributed by atoms with E-state index in [4.69, 9.17) is 14.2 Å². The molecular weight excluding hydrogens is 572 g/mol. The van der Waals surface area contributed by atoms with E-state index in [2.05, 4.69) is 0 Å². The highest BCUT2D eigenvalue weighted by Crippen LogP contribution is 2.44. The third-order valence-corrected chi connectivity index (χ3v) is 7.54. The second kappa shape index (κ2) is 12.5. The topological polar surface area (TPSA) is 128 Å². The van der Waals surface area contributed by atoms with Gasteiger partial charge < -0.3 is 14.2 Å². The SMILES string of the molecule is COc1cc(CC(C(=O)OC(C)(C)C)N(C)C(=O)OCC2c3ccccc3-c3ccccc32)ccc1C(=O)NS(C)(=O)=O. The quantitative estimate of drug-likeness (QED) is 0.351. The minimum absolute atomic E-state index is 0.00427. The number of hydrogen-bond donors (Lipinski definition) is 1. The maximum Gasteiger partial charge on any atom is 0.410 e. The Kier molecular flexibility index (Phi) is 9.15. The normalized spacial score (nSPS) is 13.3. The molecule has 0 fully saturated rings. The van der Waals surface area contributed by atoms with Crippen LogP contribution in [0.15, 0.2) is 66.7 Å². The molecule has 10 nitrogen and oxygen atoms in total. The molecule has 11 heteroatoms. The molecule has 0 saturated carbocycles. The van der Waals surface area contributed by atoms with Crippen LogP contribution >= 0.6 is 0 Å². The van der Waals surface area contributed by atoms with Crippen molar-refractivity contribution in [1.82, 2.24) is 9.62 Å². The lowest BCUT2D eigenvalue weighted by Crippen LogP contribution is -2.47. The highest BCUT2D eigenvalue weighted by Gasteiger charge is 2.34. The summed E-state index contributed by atoms with van der Waals surface area (Å²) in [4.78, 5) is 40.4. The Morgan fingerprint density at radius 3 is 2.07 bits per heavy atom. The van der Waals surface area contributed by atoms with E-state index in [-0.39, 0.29) is 30.3 Å². The van der Waals surface area contributed by atoms with Gasteiger partial charge in [-0.05, 0) is 60.7 Å². The number of methoxy groups -OCH3 is 1. The molecule has 1 N–H and O–H groups in total. The van der Waals surface area contributed by atoms with Crippen LogP contribution < -0.4 is 9.46 Å². The molecule has 0 aromatic heterocycles. The van der Waals surface area contributed by atoms with E-state index in [0.717, 1.165) is 28.5 Å². The lowest BCUT2D eigenvalue weighted by atomic mass is 9.98. The number of likely N-dealkylation sites (N-methyl/N-ethyl adjacent to an activating group) is 1. The van der Waals surface area contributed by atoms with Crippen molar-refractivity contribution in [3.63, 3.8) is 0 Å². The van der Waals surface area contributed by atoms with Crippen LogP contribution in [0.1, 0.15) is 53.7 Å². The molecule has 0 bridgehead atoms. The number of esters is 1. The third kappa shape index (κ3) is 7.53. The molecular formula is C32H36N2O8S. The van der Waals surface area contributed by atoms with E-state index in [9.17, 15) is 22.8 Å². The summed E-state index contributed by atoms with van der Waals surface area (Å²) in [6, 6.07) is 19.4. The van der Waals surface area contributed by atoms with Crippen LogP contribution in [-0.4, -0.2) is 70.0 Å². The molecule has 1 unspecified atom stereocenters. The fourth-order valence-electron chi connectivity index (χ4n) is 5.07. The van der Waals surface area contributed by atoms with E-state index in [1.807, 2.05) is 53.3 Å². The molecule has 1 aliphatic carbocycles. The number of rotatable bonds is 9. The minimum Gasteiger partial charge on any atom is -0.496 e. The predicted octanol–water partition coefficient (Wildman–Crippen LogP) is 4.52. The van der Waals surface area contributed by atoms with Crippen molar-refractivity contribution in [3.8, 4) is 16.9 Å². The molecule has 3 aromatic carbocycles. The summed E-state index contributed by atoms with van der Waals surface area (Å²) in [5, 5.41) is 0. The maximum absolute atomic E-state index is 13.4. The number of ether oxygens (including phenoxy) is 3. The van der Waals surface area contributed by atoms with Gasteiger partial charge in [-0.1, -0.05) is 54.6 Å². The maximum atomic E-state index is 13.4. The van der Waals surface area contributed by atoms with Crippen molar-refractivity contribution in [1.29, 1.82) is 0 Å². The van der Waals surface area contributed by atoms with Crippen LogP contribution in [-0.2, 0) is 30.7 Å². The molecule has 43 heavy (non-hydrogen) atoms. The Labute approximate surface area is 252 Å². The number of benzene rings is 3. The number of carbonyl (C=O) groups excluding carboxylic acids is 3. The summed E-state index contributed by atoms with van der Waals surface area (Å²) in [6.07, 6.45) is 0.185. The van der Waals surface area contributed by atoms with Gasteiger partial charge in [0.2, 0.25) is 10.0 Å². The summed E-state index contributed by atoms with van der Waals surface area (Å²) >= 11 is 0. The molecule has 0 spiro atoms. The lowest BCUT2D eigenvalue weighted by Gasteiger charge is -2.30. The smallest absolute Gasteiger partial charge is 0.410 e. The average molecular weight is 609 g/mol. The Hall–Kier alpha value is -4.38. The summed E-state index contributed by atoms with van der Waals surface area (Å²) in [6.45, 7) is 5.27. The first-order valence-electron chi connectivity index (χ1n) is 13.7. The fraction of sp³-hybridized carbons (Fsp3) is 0.344. The summed E-state index contributed by atoms with van der Waals surface area (Å²) < 4.78 is 41.7. The number of nitrogens with one attached hydrogen (secondary N) is 1. The van der Waals surface area contributed by atoms with E-state index < -0.39 is 39.6 Å². The fourth-order valence-corrected chi connectivity index (χ4v) is 5.51. The number of carbonyl (C=O) groups is 3. The molecule has 2 amide bonds. The van der Waals surface area contributed by atoms with Crippen molar-refractivity contribution in [2.45, 2.75) is 44.8 Å². The van der Waals surface area contributed by atoms with Crippen LogP contribution in [0.25, 0.3) is 11.1 Å². The molecule has 4 rings (SSSR count). The predicted molar refractivity (Wildman–Crippen MR) is 161 cm³/mol. The van der Waals surface area contributed by atoms with Gasteiger partial charge in [0.15, 0.2) is 0 Å². The van der Waals surface area contributed by atoms with Crippen molar-refractivity contribution in [2.24, 2.45) is 0 Å². The molecule has 0 aliphatic heterocycles. The summed E-state index contributed by atoms with van der Waals surface area (Å²) in [5.41, 5.74) is 4.05. The number of sulfonamides is 1. The zero-order valence-corrected chi connectivity index (χ0v) is 25.9. The molecule has 0 saturated heterocycles. The van der Waals surface area contributed by atoms with E-state index in [1.165, 1.54) is 31.2 Å². The van der Waals surface area contributed by atoms with E-state index in [0.29, 0.717) is 5.56 Å². The summed E-state index contributed by atoms with van der Waals surface area (Å²) in [7, 11) is -0.985. The second-order valence-corrected chi connectivity index (χ2v) is 13.2. The number of hydrogen-bond acceptors (Lipinski definition) is 8. The number of amides is 2. The van der Waals surface area contributed by atoms with Crippen LogP contribution in [0.4, 0.5) is 4.79 Å². The molecule has 1 aliphatic rings. The zero-order chi connectivity index (χ0) is 31.5. The van der Waals surface area contributed by atoms with Gasteiger partial charge in [0.25, 0.3) is 5.91 Å². The van der Waals surface area contributed by atoms with Gasteiger partial charge in [-0.15, -0.1) is 0 Å². The molecule has 228 valence electrons. The third-order valence-electron chi connectivity index (χ3n) is 6.99. The van der Waals surface area contributed by atoms with Crippen LogP contribution in [0.5, 0.6) is 5.75 Å². The average Bonchev–Trinajstić information content (AvgIpc) is 3.25.